The number of hydrogen-bond acceptors (Lipinski definition) is 10. The van der Waals surface area contributed by atoms with Gasteiger partial charge in [-0.3, -0.25) is 14.4 Å². The first kappa shape index (κ1) is 34.5. The molecule has 0 aliphatic carbocycles. The van der Waals surface area contributed by atoms with Crippen LogP contribution in [0.4, 0.5) is 13.6 Å². The lowest BCUT2D eigenvalue weighted by Gasteiger charge is -2.43. The highest BCUT2D eigenvalue weighted by molar-refractivity contribution is 6.00. The molecule has 0 unspecified atom stereocenters. The molecule has 3 heterocycles. The number of aromatic nitrogens is 1. The number of nitrogens with one attached hydrogen (secondary N) is 1. The molecule has 0 radical (unpaired) electrons. The van der Waals surface area contributed by atoms with Crippen LogP contribution in [-0.4, -0.2) is 84.5 Å². The van der Waals surface area contributed by atoms with Gasteiger partial charge in [-0.05, 0) is 44.6 Å². The number of ether oxygens (including phenoxy) is 4. The summed E-state index contributed by atoms with van der Waals surface area (Å²) in [5.74, 6) is -3.91. The van der Waals surface area contributed by atoms with E-state index >= 15 is 0 Å². The van der Waals surface area contributed by atoms with Crippen molar-refractivity contribution in [3.8, 4) is 5.75 Å². The first-order chi connectivity index (χ1) is 21.9. The number of fused-ring (bicyclic) bond motifs is 4. The standard InChI is InChI=1S/C31H38F2N4O9/c1-18(35-42)14-31(3)8-7-19(2)36-17-24(31)37-16-22(28(39)34-15-20-5-6-21(32)13-23(20)33)26(38)27(25(37)29(36)40)46-30(41)45-12-11-44-10-9-43-4/h5-6,13,16,19,24,42H,7-12,14-15,17H2,1-4H3,(H,34,39)/b35-18-/t19-,24+,31+/m0/s1. The molecule has 2 N–H and O–H groups in total. The van der Waals surface area contributed by atoms with Gasteiger partial charge in [0.1, 0.15) is 23.8 Å². The van der Waals surface area contributed by atoms with E-state index < -0.39 is 57.8 Å². The van der Waals surface area contributed by atoms with Crippen molar-refractivity contribution >= 4 is 23.7 Å². The number of rotatable bonds is 12. The van der Waals surface area contributed by atoms with Gasteiger partial charge in [0.15, 0.2) is 5.69 Å². The van der Waals surface area contributed by atoms with Crippen molar-refractivity contribution < 1.29 is 47.3 Å². The molecule has 1 fully saturated rings. The van der Waals surface area contributed by atoms with Gasteiger partial charge in [-0.2, -0.15) is 0 Å². The normalized spacial score (nSPS) is 21.0. The Morgan fingerprint density at radius 3 is 2.61 bits per heavy atom. The fourth-order valence-electron chi connectivity index (χ4n) is 5.91. The molecule has 1 aromatic carbocycles. The number of halogens is 2. The van der Waals surface area contributed by atoms with E-state index in [2.05, 4.69) is 10.5 Å². The average molecular weight is 649 g/mol. The van der Waals surface area contributed by atoms with Gasteiger partial charge >= 0.3 is 6.16 Å². The Balaban J connectivity index is 1.76. The van der Waals surface area contributed by atoms with E-state index in [1.807, 2.05) is 13.8 Å². The van der Waals surface area contributed by atoms with Crippen molar-refractivity contribution in [2.45, 2.75) is 58.7 Å². The molecule has 1 saturated heterocycles. The Labute approximate surface area is 264 Å². The third kappa shape index (κ3) is 7.53. The molecule has 250 valence electrons. The van der Waals surface area contributed by atoms with Gasteiger partial charge in [-0.15, -0.1) is 0 Å². The summed E-state index contributed by atoms with van der Waals surface area (Å²) in [7, 11) is 1.50. The van der Waals surface area contributed by atoms with Crippen LogP contribution in [0.25, 0.3) is 0 Å². The Bertz CT molecular complexity index is 1560. The Kier molecular flexibility index (Phi) is 11.1. The number of amides is 2. The molecule has 2 aliphatic rings. The van der Waals surface area contributed by atoms with Crippen molar-refractivity contribution in [3.63, 3.8) is 0 Å². The van der Waals surface area contributed by atoms with Crippen molar-refractivity contribution in [2.24, 2.45) is 10.6 Å². The molecule has 2 bridgehead atoms. The molecular formula is C31H38F2N4O9. The van der Waals surface area contributed by atoms with Gasteiger partial charge in [0.25, 0.3) is 11.8 Å². The van der Waals surface area contributed by atoms with Gasteiger partial charge in [0.05, 0.1) is 31.6 Å². The smallest absolute Gasteiger partial charge is 0.432 e. The zero-order valence-electron chi connectivity index (χ0n) is 26.1. The minimum absolute atomic E-state index is 0.00829. The molecule has 0 saturated carbocycles. The van der Waals surface area contributed by atoms with Crippen LogP contribution in [0.5, 0.6) is 5.75 Å². The highest BCUT2D eigenvalue weighted by Gasteiger charge is 2.48. The highest BCUT2D eigenvalue weighted by atomic mass is 19.1. The number of methoxy groups -OCH3 is 1. The van der Waals surface area contributed by atoms with E-state index in [-0.39, 0.29) is 50.2 Å². The number of nitrogens with zero attached hydrogens (tertiary/aromatic N) is 3. The third-order valence-corrected chi connectivity index (χ3v) is 8.43. The first-order valence-electron chi connectivity index (χ1n) is 14.8. The number of carbonyl (C=O) groups excluding carboxylic acids is 3. The Morgan fingerprint density at radius 1 is 1.17 bits per heavy atom. The van der Waals surface area contributed by atoms with Gasteiger partial charge in [0, 0.05) is 44.1 Å². The molecule has 13 nitrogen and oxygen atoms in total. The van der Waals surface area contributed by atoms with Crippen LogP contribution in [0, 0.1) is 17.0 Å². The summed E-state index contributed by atoms with van der Waals surface area (Å²) in [5.41, 5.74) is -2.01. The molecule has 3 atom stereocenters. The van der Waals surface area contributed by atoms with Crippen molar-refractivity contribution in [2.75, 3.05) is 40.1 Å². The number of benzene rings is 1. The van der Waals surface area contributed by atoms with E-state index in [0.717, 1.165) is 12.1 Å². The number of carbonyl (C=O) groups is 3. The van der Waals surface area contributed by atoms with E-state index in [9.17, 15) is 33.2 Å². The van der Waals surface area contributed by atoms with Gasteiger partial charge < -0.3 is 38.9 Å². The van der Waals surface area contributed by atoms with Crippen LogP contribution in [-0.2, 0) is 20.8 Å². The second-order valence-corrected chi connectivity index (χ2v) is 11.7. The summed E-state index contributed by atoms with van der Waals surface area (Å²) < 4.78 is 49.7. The number of hydrogen-bond donors (Lipinski definition) is 2. The quantitative estimate of drug-likeness (QED) is 0.115. The summed E-state index contributed by atoms with van der Waals surface area (Å²) in [6.45, 7) is 5.67. The van der Waals surface area contributed by atoms with Crippen LogP contribution < -0.4 is 15.5 Å². The SMILES string of the molecule is COCCOCCOC(=O)Oc1c2n(cc(C(=O)NCc3ccc(F)cc3F)c1=O)[C@@H]1CN(C2=O)[C@@H](C)CC[C@]1(C)C/C(C)=N\O. The number of oxime groups is 1. The van der Waals surface area contributed by atoms with Crippen LogP contribution in [0.15, 0.2) is 34.3 Å². The summed E-state index contributed by atoms with van der Waals surface area (Å²) >= 11 is 0. The largest absolute Gasteiger partial charge is 0.514 e. The Hall–Kier alpha value is -4.37. The minimum atomic E-state index is -1.29. The van der Waals surface area contributed by atoms with E-state index in [1.165, 1.54) is 17.9 Å². The average Bonchev–Trinajstić information content (AvgIpc) is 3.12. The molecule has 46 heavy (non-hydrogen) atoms. The van der Waals surface area contributed by atoms with Gasteiger partial charge in [-0.25, -0.2) is 13.6 Å². The minimum Gasteiger partial charge on any atom is -0.432 e. The molecule has 2 aliphatic heterocycles. The zero-order chi connectivity index (χ0) is 33.6. The molecular weight excluding hydrogens is 610 g/mol. The van der Waals surface area contributed by atoms with Gasteiger partial charge in [-0.1, -0.05) is 18.1 Å². The van der Waals surface area contributed by atoms with E-state index in [4.69, 9.17) is 18.9 Å². The van der Waals surface area contributed by atoms with Crippen molar-refractivity contribution in [3.05, 3.63) is 63.1 Å². The molecule has 0 spiro atoms. The lowest BCUT2D eigenvalue weighted by atomic mass is 9.74. The molecule has 1 aromatic heterocycles. The third-order valence-electron chi connectivity index (χ3n) is 8.43. The number of pyridine rings is 1. The lowest BCUT2D eigenvalue weighted by molar-refractivity contribution is 0.0305. The molecule has 2 aromatic rings. The maximum atomic E-state index is 14.3. The second kappa shape index (κ2) is 14.8. The Morgan fingerprint density at radius 2 is 1.91 bits per heavy atom. The fraction of sp³-hybridized carbons (Fsp3) is 0.516. The predicted octanol–water partition coefficient (Wildman–Crippen LogP) is 3.66. The second-order valence-electron chi connectivity index (χ2n) is 11.7. The first-order valence-corrected chi connectivity index (χ1v) is 14.8. The maximum Gasteiger partial charge on any atom is 0.514 e. The zero-order valence-corrected chi connectivity index (χ0v) is 26.1. The maximum absolute atomic E-state index is 14.3. The van der Waals surface area contributed by atoms with Gasteiger partial charge in [0.2, 0.25) is 11.2 Å². The van der Waals surface area contributed by atoms with Crippen LogP contribution in [0.1, 0.15) is 72.5 Å². The van der Waals surface area contributed by atoms with Crippen molar-refractivity contribution in [1.82, 2.24) is 14.8 Å². The monoisotopic (exact) mass is 648 g/mol. The summed E-state index contributed by atoms with van der Waals surface area (Å²) in [5, 5.41) is 15.3. The predicted molar refractivity (Wildman–Crippen MR) is 159 cm³/mol. The molecule has 2 amide bonds. The summed E-state index contributed by atoms with van der Waals surface area (Å²) in [6, 6.07) is 2.06. The lowest BCUT2D eigenvalue weighted by Crippen LogP contribution is -2.50. The molecule has 4 rings (SSSR count). The fourth-order valence-corrected chi connectivity index (χ4v) is 5.91. The van der Waals surface area contributed by atoms with E-state index in [0.29, 0.717) is 37.6 Å². The van der Waals surface area contributed by atoms with Crippen molar-refractivity contribution in [1.29, 1.82) is 0 Å². The topological polar surface area (TPSA) is 158 Å². The molecule has 15 heteroatoms. The highest BCUT2D eigenvalue weighted by Crippen LogP contribution is 2.47. The van der Waals surface area contributed by atoms with Crippen LogP contribution in [0.2, 0.25) is 0 Å². The van der Waals surface area contributed by atoms with Crippen LogP contribution in [0.3, 0.4) is 0 Å². The van der Waals surface area contributed by atoms with Crippen LogP contribution >= 0.6 is 0 Å². The summed E-state index contributed by atoms with van der Waals surface area (Å²) in [4.78, 5) is 55.5. The van der Waals surface area contributed by atoms with E-state index in [1.54, 1.807) is 11.8 Å². The summed E-state index contributed by atoms with van der Waals surface area (Å²) in [6.07, 6.45) is 1.44.